The van der Waals surface area contributed by atoms with Gasteiger partial charge in [0.2, 0.25) is 0 Å². The molecule has 0 bridgehead atoms. The summed E-state index contributed by atoms with van der Waals surface area (Å²) in [6.45, 7) is 4.96. The molecule has 2 atom stereocenters. The number of halogens is 34. The van der Waals surface area contributed by atoms with Gasteiger partial charge in [0.05, 0.1) is 0 Å². The molecule has 2 aromatic rings. The van der Waals surface area contributed by atoms with E-state index >= 15 is 8.78 Å². The van der Waals surface area contributed by atoms with Gasteiger partial charge in [-0.15, -0.1) is 0 Å². The zero-order valence-corrected chi connectivity index (χ0v) is 42.9. The lowest BCUT2D eigenvalue weighted by atomic mass is 9.66. The van der Waals surface area contributed by atoms with Crippen LogP contribution < -0.4 is 9.80 Å². The minimum Gasteiger partial charge on any atom is -0.325 e. The van der Waals surface area contributed by atoms with Crippen LogP contribution in [0.4, 0.5) is 161 Å². The second-order valence-corrected chi connectivity index (χ2v) is 20.8. The fourth-order valence-corrected chi connectivity index (χ4v) is 9.69. The van der Waals surface area contributed by atoms with Crippen molar-refractivity contribution < 1.29 is 149 Å². The molecule has 2 aliphatic carbocycles. The van der Waals surface area contributed by atoms with E-state index in [0.29, 0.717) is 31.3 Å². The van der Waals surface area contributed by atoms with Gasteiger partial charge in [0.25, 0.3) is 0 Å². The maximum absolute atomic E-state index is 15.2. The molecule has 2 nitrogen and oxygen atoms in total. The van der Waals surface area contributed by atoms with E-state index in [2.05, 4.69) is 0 Å². The first-order valence-corrected chi connectivity index (χ1v) is 23.9. The molecule has 0 aromatic heterocycles. The van der Waals surface area contributed by atoms with Gasteiger partial charge in [0, 0.05) is 36.6 Å². The Balaban J connectivity index is 1.44. The molecule has 0 N–H and O–H groups in total. The van der Waals surface area contributed by atoms with E-state index in [1.54, 1.807) is 6.08 Å². The highest BCUT2D eigenvalue weighted by atomic mass is 19.4. The molecular formula is C49H40F34N2. The van der Waals surface area contributed by atoms with Crippen molar-refractivity contribution in [2.75, 3.05) is 9.80 Å². The molecule has 1 spiro atoms. The minimum absolute atomic E-state index is 0.0402. The molecule has 2 aromatic carbocycles. The monoisotopic (exact) mass is 1300 g/mol. The fourth-order valence-electron chi connectivity index (χ4n) is 9.69. The molecule has 2 unspecified atom stereocenters. The molecule has 85 heavy (non-hydrogen) atoms. The Morgan fingerprint density at radius 1 is 0.412 bits per heavy atom. The van der Waals surface area contributed by atoms with Gasteiger partial charge in [0.1, 0.15) is 6.17 Å². The predicted octanol–water partition coefficient (Wildman–Crippen LogP) is 19.2. The van der Waals surface area contributed by atoms with Crippen LogP contribution >= 0.6 is 0 Å². The lowest BCUT2D eigenvalue weighted by Crippen LogP contribution is -2.74. The second-order valence-electron chi connectivity index (χ2n) is 20.8. The summed E-state index contributed by atoms with van der Waals surface area (Å²) in [7, 11) is 0. The van der Waals surface area contributed by atoms with E-state index in [1.807, 2.05) is 12.2 Å². The quantitative estimate of drug-likeness (QED) is 0.0856. The van der Waals surface area contributed by atoms with Crippen LogP contribution in [0.5, 0.6) is 0 Å². The Morgan fingerprint density at radius 3 is 1.02 bits per heavy atom. The number of hydrogen-bond acceptors (Lipinski definition) is 2. The molecule has 0 saturated heterocycles. The molecule has 484 valence electrons. The van der Waals surface area contributed by atoms with Gasteiger partial charge in [-0.25, -0.2) is 0 Å². The number of alkyl halides is 34. The van der Waals surface area contributed by atoms with Gasteiger partial charge in [-0.2, -0.15) is 149 Å². The van der Waals surface area contributed by atoms with Crippen molar-refractivity contribution in [3.63, 3.8) is 0 Å². The number of nitrogens with zero attached hydrogens (tertiary/aromatic N) is 2. The molecule has 0 saturated carbocycles. The van der Waals surface area contributed by atoms with E-state index in [-0.39, 0.29) is 45.5 Å². The largest absolute Gasteiger partial charge is 0.460 e. The summed E-state index contributed by atoms with van der Waals surface area (Å²) in [6.07, 6.45) is -15.9. The van der Waals surface area contributed by atoms with Crippen LogP contribution in [0.1, 0.15) is 78.8 Å². The van der Waals surface area contributed by atoms with Gasteiger partial charge >= 0.3 is 95.3 Å². The number of rotatable bonds is 22. The molecule has 0 radical (unpaired) electrons. The lowest BCUT2D eigenvalue weighted by Gasteiger charge is -2.42. The predicted molar refractivity (Wildman–Crippen MR) is 230 cm³/mol. The third-order valence-electron chi connectivity index (χ3n) is 14.9. The molecule has 5 rings (SSSR count). The van der Waals surface area contributed by atoms with E-state index in [0.717, 1.165) is 24.3 Å². The summed E-state index contributed by atoms with van der Waals surface area (Å²) in [4.78, 5) is 2.75. The molecule has 3 aliphatic rings. The topological polar surface area (TPSA) is 6.48 Å². The first-order chi connectivity index (χ1) is 37.6. The second kappa shape index (κ2) is 21.0. The van der Waals surface area contributed by atoms with Crippen LogP contribution in [0.15, 0.2) is 60.5 Å². The number of benzene rings is 2. The SMILES string of the molecule is Cc1cc(CCC(F)(F)C(F)(F)C(F)(F)C(F)(F)C(F)(F)C(F)(F)C(F)(F)C(F)(F)F)cc(C)c1N1C=CN(c2c(C)cc(CCC(F)(F)C(F)(F)C(F)(F)C(F)(F)C(F)(F)C(F)(F)C(F)(F)C(F)(F)F)cc2CC2=CCC3(C=CC3)CC2)C1C. The van der Waals surface area contributed by atoms with Gasteiger partial charge in [0.15, 0.2) is 0 Å². The highest BCUT2D eigenvalue weighted by Gasteiger charge is 2.97. The fraction of sp³-hybridized carbons (Fsp3) is 0.633. The highest BCUT2D eigenvalue weighted by Crippen LogP contribution is 2.67. The maximum Gasteiger partial charge on any atom is 0.460 e. The van der Waals surface area contributed by atoms with Crippen molar-refractivity contribution in [1.82, 2.24) is 0 Å². The summed E-state index contributed by atoms with van der Waals surface area (Å²) in [5.74, 6) is -116. The minimum atomic E-state index is -8.83. The summed E-state index contributed by atoms with van der Waals surface area (Å²) < 4.78 is 474. The molecular weight excluding hydrogens is 1260 g/mol. The number of anilines is 2. The number of aryl methyl sites for hydroxylation is 5. The molecule has 0 amide bonds. The Morgan fingerprint density at radius 2 is 0.718 bits per heavy atom. The van der Waals surface area contributed by atoms with Gasteiger partial charge < -0.3 is 9.80 Å². The van der Waals surface area contributed by atoms with E-state index in [9.17, 15) is 140 Å². The van der Waals surface area contributed by atoms with Crippen molar-refractivity contribution in [2.24, 2.45) is 5.41 Å². The van der Waals surface area contributed by atoms with E-state index in [4.69, 9.17) is 0 Å². The van der Waals surface area contributed by atoms with Gasteiger partial charge in [-0.3, -0.25) is 0 Å². The maximum atomic E-state index is 15.2. The van der Waals surface area contributed by atoms with Crippen molar-refractivity contribution in [3.8, 4) is 0 Å². The van der Waals surface area contributed by atoms with Crippen LogP contribution in [0.2, 0.25) is 0 Å². The van der Waals surface area contributed by atoms with E-state index < -0.39 is 138 Å². The Bertz CT molecular complexity index is 2880. The summed E-state index contributed by atoms with van der Waals surface area (Å²) in [6, 6.07) is 3.59. The highest BCUT2D eigenvalue weighted by molar-refractivity contribution is 5.71. The average Bonchev–Trinajstić information content (AvgIpc) is 1.11. The van der Waals surface area contributed by atoms with E-state index in [1.165, 1.54) is 49.9 Å². The third-order valence-corrected chi connectivity index (χ3v) is 14.9. The van der Waals surface area contributed by atoms with Crippen LogP contribution in [0.3, 0.4) is 0 Å². The molecule has 36 heteroatoms. The summed E-state index contributed by atoms with van der Waals surface area (Å²) in [5.41, 5.74) is -0.740. The van der Waals surface area contributed by atoms with Gasteiger partial charge in [-0.05, 0) is 111 Å². The van der Waals surface area contributed by atoms with Gasteiger partial charge in [-0.1, -0.05) is 48.1 Å². The zero-order chi connectivity index (χ0) is 66.2. The normalized spacial score (nSPS) is 20.0. The Kier molecular flexibility index (Phi) is 17.5. The number of hydrogen-bond donors (Lipinski definition) is 0. The average molecular weight is 1300 g/mol. The Labute approximate surface area is 456 Å². The van der Waals surface area contributed by atoms with Crippen LogP contribution in [0.25, 0.3) is 0 Å². The van der Waals surface area contributed by atoms with Crippen LogP contribution in [0, 0.1) is 26.2 Å². The van der Waals surface area contributed by atoms with Crippen molar-refractivity contribution in [1.29, 1.82) is 0 Å². The number of allylic oxidation sites excluding steroid dienone is 4. The van der Waals surface area contributed by atoms with Crippen LogP contribution in [-0.4, -0.2) is 101 Å². The lowest BCUT2D eigenvalue weighted by molar-refractivity contribution is -0.461. The zero-order valence-electron chi connectivity index (χ0n) is 42.9. The van der Waals surface area contributed by atoms with Crippen molar-refractivity contribution >= 4 is 11.4 Å². The van der Waals surface area contributed by atoms with Crippen molar-refractivity contribution in [2.45, 2.75) is 187 Å². The standard InChI is InChI=1S/C49H40F34N2/c1-23-18-28(8-14-34(50,51)36(54,55)38(58,59)40(62,63)42(66,67)44(70,71)46(74,75)48(78,79)80)19-24(2)31(23)84-16-17-85(26(84)4)32-25(3)20-29(22-30(32)21-27-6-12-33(13-7-27)10-5-11-33)9-15-35(52,53)37(56,57)39(60,61)41(64,65)43(68,69)45(72,73)47(76,77)49(81,82)83/h5-6,10,16-20,22,26H,7-9,11-15,21H2,1-4H3. The third kappa shape index (κ3) is 10.6. The summed E-state index contributed by atoms with van der Waals surface area (Å²) in [5, 5.41) is 0. The molecule has 1 aliphatic heterocycles. The first kappa shape index (κ1) is 70.6. The first-order valence-electron chi connectivity index (χ1n) is 23.9. The smallest absolute Gasteiger partial charge is 0.325 e. The Hall–Kier alpha value is -5.12. The molecule has 1 heterocycles. The molecule has 0 fully saturated rings. The van der Waals surface area contributed by atoms with Crippen molar-refractivity contribution in [3.05, 3.63) is 93.8 Å². The van der Waals surface area contributed by atoms with Crippen LogP contribution in [-0.2, 0) is 19.3 Å². The summed E-state index contributed by atoms with van der Waals surface area (Å²) >= 11 is 0.